The van der Waals surface area contributed by atoms with Crippen LogP contribution < -0.4 is 11.1 Å². The Labute approximate surface area is 128 Å². The lowest BCUT2D eigenvalue weighted by atomic mass is 10.2. The van der Waals surface area contributed by atoms with Crippen molar-refractivity contribution < 1.29 is 13.9 Å². The van der Waals surface area contributed by atoms with Gasteiger partial charge in [0.15, 0.2) is 5.82 Å². The fourth-order valence-corrected chi connectivity index (χ4v) is 1.88. The Kier molecular flexibility index (Phi) is 4.65. The highest BCUT2D eigenvalue weighted by molar-refractivity contribution is 5.95. The van der Waals surface area contributed by atoms with E-state index in [9.17, 15) is 9.18 Å². The summed E-state index contributed by atoms with van der Waals surface area (Å²) in [7, 11) is 0. The Balaban J connectivity index is 2.38. The molecule has 0 spiro atoms. The van der Waals surface area contributed by atoms with E-state index >= 15 is 0 Å². The number of hydrogen-bond donors (Lipinski definition) is 2. The zero-order chi connectivity index (χ0) is 16.3. The average molecular weight is 306 g/mol. The Morgan fingerprint density at radius 3 is 2.82 bits per heavy atom. The van der Waals surface area contributed by atoms with Crippen LogP contribution in [0.2, 0.25) is 0 Å². The van der Waals surface area contributed by atoms with Crippen molar-refractivity contribution in [3.63, 3.8) is 0 Å². The number of nitrogens with zero attached hydrogens (tertiary/aromatic N) is 2. The number of carbonyl (C=O) groups excluding carboxylic acids is 1. The molecule has 0 aliphatic heterocycles. The standard InChI is InChI=1S/C15H19FN4O2/c1-4-22-15(21)11-8-20(9(2)3)19-14(11)18-13-6-5-10(16)7-12(13)17/h5-9H,4,17H2,1-3H3,(H,18,19). The van der Waals surface area contributed by atoms with Crippen LogP contribution in [-0.2, 0) is 4.74 Å². The third kappa shape index (κ3) is 3.36. The first-order valence-corrected chi connectivity index (χ1v) is 7.00. The first-order valence-electron chi connectivity index (χ1n) is 7.00. The number of anilines is 3. The molecule has 2 aromatic rings. The van der Waals surface area contributed by atoms with E-state index in [4.69, 9.17) is 10.5 Å². The van der Waals surface area contributed by atoms with Crippen LogP contribution in [0.25, 0.3) is 0 Å². The molecule has 0 saturated carbocycles. The summed E-state index contributed by atoms with van der Waals surface area (Å²) in [6.45, 7) is 5.88. The predicted octanol–water partition coefficient (Wildman–Crippen LogP) is 3.11. The first-order chi connectivity index (χ1) is 10.4. The molecular formula is C15H19FN4O2. The van der Waals surface area contributed by atoms with Crippen molar-refractivity contribution >= 4 is 23.2 Å². The molecule has 22 heavy (non-hydrogen) atoms. The van der Waals surface area contributed by atoms with E-state index in [1.54, 1.807) is 17.8 Å². The topological polar surface area (TPSA) is 82.2 Å². The summed E-state index contributed by atoms with van der Waals surface area (Å²) in [5.41, 5.74) is 6.78. The fraction of sp³-hybridized carbons (Fsp3) is 0.333. The molecule has 2 rings (SSSR count). The minimum atomic E-state index is -0.474. The van der Waals surface area contributed by atoms with E-state index < -0.39 is 11.8 Å². The quantitative estimate of drug-likeness (QED) is 0.655. The van der Waals surface area contributed by atoms with E-state index in [1.165, 1.54) is 18.2 Å². The number of nitrogens with one attached hydrogen (secondary N) is 1. The highest BCUT2D eigenvalue weighted by Crippen LogP contribution is 2.26. The van der Waals surface area contributed by atoms with Gasteiger partial charge in [-0.2, -0.15) is 5.10 Å². The molecule has 118 valence electrons. The highest BCUT2D eigenvalue weighted by atomic mass is 19.1. The molecule has 0 aliphatic carbocycles. The van der Waals surface area contributed by atoms with E-state index in [2.05, 4.69) is 10.4 Å². The third-order valence-electron chi connectivity index (χ3n) is 3.02. The molecule has 1 heterocycles. The lowest BCUT2D eigenvalue weighted by Crippen LogP contribution is -2.07. The number of nitrogens with two attached hydrogens (primary N) is 1. The predicted molar refractivity (Wildman–Crippen MR) is 82.7 cm³/mol. The summed E-state index contributed by atoms with van der Waals surface area (Å²) in [6, 6.07) is 4.05. The summed E-state index contributed by atoms with van der Waals surface area (Å²) in [4.78, 5) is 12.0. The maximum absolute atomic E-state index is 13.1. The van der Waals surface area contributed by atoms with Gasteiger partial charge >= 0.3 is 5.97 Å². The van der Waals surface area contributed by atoms with E-state index in [0.29, 0.717) is 17.1 Å². The van der Waals surface area contributed by atoms with Crippen molar-refractivity contribution in [1.82, 2.24) is 9.78 Å². The number of nitrogen functional groups attached to an aromatic ring is 1. The monoisotopic (exact) mass is 306 g/mol. The van der Waals surface area contributed by atoms with Gasteiger partial charge in [-0.3, -0.25) is 4.68 Å². The lowest BCUT2D eigenvalue weighted by molar-refractivity contribution is 0.0527. The number of aromatic nitrogens is 2. The van der Waals surface area contributed by atoms with Crippen LogP contribution in [-0.4, -0.2) is 22.4 Å². The van der Waals surface area contributed by atoms with E-state index in [0.717, 1.165) is 0 Å². The van der Waals surface area contributed by atoms with Crippen molar-refractivity contribution in [1.29, 1.82) is 0 Å². The summed E-state index contributed by atoms with van der Waals surface area (Å²) < 4.78 is 19.8. The summed E-state index contributed by atoms with van der Waals surface area (Å²) in [5.74, 6) is -0.579. The second kappa shape index (κ2) is 6.46. The van der Waals surface area contributed by atoms with Crippen molar-refractivity contribution in [2.75, 3.05) is 17.7 Å². The molecule has 0 atom stereocenters. The van der Waals surface area contributed by atoms with Crippen LogP contribution in [0.3, 0.4) is 0 Å². The van der Waals surface area contributed by atoms with Crippen LogP contribution in [0.1, 0.15) is 37.2 Å². The number of ether oxygens (including phenoxy) is 1. The smallest absolute Gasteiger partial charge is 0.343 e. The molecule has 7 heteroatoms. The van der Waals surface area contributed by atoms with Gasteiger partial charge in [0, 0.05) is 12.2 Å². The minimum absolute atomic E-state index is 0.0780. The van der Waals surface area contributed by atoms with Crippen LogP contribution in [0.15, 0.2) is 24.4 Å². The average Bonchev–Trinajstić information content (AvgIpc) is 2.86. The number of benzene rings is 1. The van der Waals surface area contributed by atoms with Crippen molar-refractivity contribution in [2.45, 2.75) is 26.8 Å². The van der Waals surface area contributed by atoms with Gasteiger partial charge in [-0.05, 0) is 39.0 Å². The lowest BCUT2D eigenvalue weighted by Gasteiger charge is -2.08. The van der Waals surface area contributed by atoms with Crippen LogP contribution >= 0.6 is 0 Å². The van der Waals surface area contributed by atoms with Gasteiger partial charge in [-0.1, -0.05) is 0 Å². The molecule has 0 saturated heterocycles. The molecule has 0 fully saturated rings. The second-order valence-corrected chi connectivity index (χ2v) is 5.04. The van der Waals surface area contributed by atoms with Gasteiger partial charge in [0.05, 0.1) is 18.0 Å². The van der Waals surface area contributed by atoms with Gasteiger partial charge in [-0.25, -0.2) is 9.18 Å². The van der Waals surface area contributed by atoms with Crippen LogP contribution in [0, 0.1) is 5.82 Å². The first kappa shape index (κ1) is 15.8. The maximum Gasteiger partial charge on any atom is 0.343 e. The number of carbonyl (C=O) groups is 1. The number of rotatable bonds is 5. The minimum Gasteiger partial charge on any atom is -0.462 e. The van der Waals surface area contributed by atoms with Crippen molar-refractivity contribution in [2.24, 2.45) is 0 Å². The molecule has 0 radical (unpaired) electrons. The van der Waals surface area contributed by atoms with Gasteiger partial charge in [-0.15, -0.1) is 0 Å². The zero-order valence-corrected chi connectivity index (χ0v) is 12.8. The van der Waals surface area contributed by atoms with E-state index in [1.807, 2.05) is 13.8 Å². The summed E-state index contributed by atoms with van der Waals surface area (Å²) >= 11 is 0. The Morgan fingerprint density at radius 1 is 1.50 bits per heavy atom. The van der Waals surface area contributed by atoms with E-state index in [-0.39, 0.29) is 18.3 Å². The Hall–Kier alpha value is -2.57. The van der Waals surface area contributed by atoms with Crippen molar-refractivity contribution in [3.05, 3.63) is 35.8 Å². The molecule has 1 aromatic heterocycles. The molecule has 1 aromatic carbocycles. The summed E-state index contributed by atoms with van der Waals surface area (Å²) in [6.07, 6.45) is 1.62. The van der Waals surface area contributed by atoms with Gasteiger partial charge in [0.25, 0.3) is 0 Å². The number of halogens is 1. The van der Waals surface area contributed by atoms with Crippen LogP contribution in [0.4, 0.5) is 21.6 Å². The normalized spacial score (nSPS) is 10.8. The van der Waals surface area contributed by atoms with Gasteiger partial charge in [0.2, 0.25) is 0 Å². The number of esters is 1. The van der Waals surface area contributed by atoms with Gasteiger partial charge in [0.1, 0.15) is 11.4 Å². The molecule has 0 aliphatic rings. The third-order valence-corrected chi connectivity index (χ3v) is 3.02. The fourth-order valence-electron chi connectivity index (χ4n) is 1.88. The second-order valence-electron chi connectivity index (χ2n) is 5.04. The maximum atomic E-state index is 13.1. The Morgan fingerprint density at radius 2 is 2.23 bits per heavy atom. The van der Waals surface area contributed by atoms with Crippen molar-refractivity contribution in [3.8, 4) is 0 Å². The summed E-state index contributed by atoms with van der Waals surface area (Å²) in [5, 5.41) is 7.29. The van der Waals surface area contributed by atoms with Gasteiger partial charge < -0.3 is 15.8 Å². The zero-order valence-electron chi connectivity index (χ0n) is 12.8. The molecule has 0 unspecified atom stereocenters. The highest BCUT2D eigenvalue weighted by Gasteiger charge is 2.19. The largest absolute Gasteiger partial charge is 0.462 e. The molecule has 0 amide bonds. The molecule has 0 bridgehead atoms. The number of hydrogen-bond acceptors (Lipinski definition) is 5. The Bertz CT molecular complexity index is 682. The molecule has 6 nitrogen and oxygen atoms in total. The van der Waals surface area contributed by atoms with Crippen LogP contribution in [0.5, 0.6) is 0 Å². The molecular weight excluding hydrogens is 287 g/mol. The SMILES string of the molecule is CCOC(=O)c1cn(C(C)C)nc1Nc1ccc(F)cc1N. The molecule has 3 N–H and O–H groups in total.